The Morgan fingerprint density at radius 3 is 2.22 bits per heavy atom. The molecule has 0 radical (unpaired) electrons. The zero-order valence-corrected chi connectivity index (χ0v) is 23.0. The third-order valence-electron chi connectivity index (χ3n) is 5.57. The van der Waals surface area contributed by atoms with Crippen LogP contribution in [0.3, 0.4) is 0 Å². The van der Waals surface area contributed by atoms with Gasteiger partial charge in [0.2, 0.25) is 0 Å². The minimum atomic E-state index is -0.576. The summed E-state index contributed by atoms with van der Waals surface area (Å²) >= 11 is 12.5. The van der Waals surface area contributed by atoms with Gasteiger partial charge in [0.1, 0.15) is 6.10 Å². The molecule has 36 heavy (non-hydrogen) atoms. The third kappa shape index (κ3) is 10.3. The van der Waals surface area contributed by atoms with E-state index >= 15 is 0 Å². The highest BCUT2D eigenvalue weighted by Crippen LogP contribution is 2.27. The minimum Gasteiger partial charge on any atom is -0.463 e. The van der Waals surface area contributed by atoms with E-state index in [1.54, 1.807) is 32.0 Å². The lowest BCUT2D eigenvalue weighted by molar-refractivity contribution is -0.138. The summed E-state index contributed by atoms with van der Waals surface area (Å²) in [5.74, 6) is -0.531. The van der Waals surface area contributed by atoms with Gasteiger partial charge in [-0.05, 0) is 56.7 Å². The molecule has 2 aromatic rings. The van der Waals surface area contributed by atoms with Gasteiger partial charge in [-0.2, -0.15) is 0 Å². The fourth-order valence-electron chi connectivity index (χ4n) is 3.78. The number of rotatable bonds is 14. The monoisotopic (exact) mass is 534 g/mol. The highest BCUT2D eigenvalue weighted by atomic mass is 35.5. The first-order chi connectivity index (χ1) is 17.2. The average molecular weight is 536 g/mol. The van der Waals surface area contributed by atoms with Crippen LogP contribution in [0.15, 0.2) is 60.2 Å². The molecule has 7 heteroatoms. The molecule has 0 saturated heterocycles. The third-order valence-corrected chi connectivity index (χ3v) is 6.20. The molecule has 2 rings (SSSR count). The topological polar surface area (TPSA) is 61.8 Å². The van der Waals surface area contributed by atoms with Gasteiger partial charge in [-0.15, -0.1) is 0 Å². The first kappa shape index (κ1) is 29.9. The number of benzene rings is 2. The predicted molar refractivity (Wildman–Crippen MR) is 144 cm³/mol. The van der Waals surface area contributed by atoms with Crippen LogP contribution in [0.5, 0.6) is 0 Å². The standard InChI is InChI=1S/C29H36Cl2O5/c1-5-34-28(32)21(4)11-9-14-23(36-29(33)27-25(30)15-10-16-26(27)31)18-24(17-20(2)3)35-19-22-12-7-6-8-13-22/h6-8,10-13,15-16,20,23-24H,5,9,14,17-19H2,1-4H3/b21-11+/t23-,24-/m1/s1. The number of ether oxygens (including phenoxy) is 3. The van der Waals surface area contributed by atoms with E-state index in [0.29, 0.717) is 44.0 Å². The molecule has 0 spiro atoms. The number of hydrogen-bond acceptors (Lipinski definition) is 5. The van der Waals surface area contributed by atoms with Crippen molar-refractivity contribution in [1.82, 2.24) is 0 Å². The second-order valence-electron chi connectivity index (χ2n) is 9.09. The van der Waals surface area contributed by atoms with Gasteiger partial charge in [0.25, 0.3) is 0 Å². The molecular weight excluding hydrogens is 499 g/mol. The lowest BCUT2D eigenvalue weighted by Gasteiger charge is -2.26. The Hall–Kier alpha value is -2.34. The summed E-state index contributed by atoms with van der Waals surface area (Å²) in [6, 6.07) is 14.9. The predicted octanol–water partition coefficient (Wildman–Crippen LogP) is 7.83. The Bertz CT molecular complexity index is 984. The number of halogens is 2. The van der Waals surface area contributed by atoms with E-state index in [4.69, 9.17) is 37.4 Å². The maximum Gasteiger partial charge on any atom is 0.341 e. The average Bonchev–Trinajstić information content (AvgIpc) is 2.82. The second-order valence-corrected chi connectivity index (χ2v) is 9.91. The highest BCUT2D eigenvalue weighted by Gasteiger charge is 2.24. The molecule has 0 aromatic heterocycles. The molecule has 0 heterocycles. The molecule has 0 bridgehead atoms. The van der Waals surface area contributed by atoms with Gasteiger partial charge < -0.3 is 14.2 Å². The lowest BCUT2D eigenvalue weighted by atomic mass is 9.98. The molecule has 0 saturated carbocycles. The van der Waals surface area contributed by atoms with Crippen LogP contribution in [-0.4, -0.2) is 30.8 Å². The second kappa shape index (κ2) is 15.7. The van der Waals surface area contributed by atoms with Gasteiger partial charge >= 0.3 is 11.9 Å². The quantitative estimate of drug-likeness (QED) is 0.182. The molecule has 196 valence electrons. The summed E-state index contributed by atoms with van der Waals surface area (Å²) in [5, 5.41) is 0.478. The van der Waals surface area contributed by atoms with Crippen LogP contribution in [0.2, 0.25) is 10.0 Å². The van der Waals surface area contributed by atoms with Crippen LogP contribution < -0.4 is 0 Å². The van der Waals surface area contributed by atoms with Crippen molar-refractivity contribution in [3.8, 4) is 0 Å². The molecule has 0 fully saturated rings. The number of allylic oxidation sites excluding steroid dienone is 1. The molecule has 0 unspecified atom stereocenters. The Labute approximate surface area is 224 Å². The number of esters is 2. The Kier molecular flexibility index (Phi) is 13.0. The Balaban J connectivity index is 2.18. The van der Waals surface area contributed by atoms with Gasteiger partial charge in [0.05, 0.1) is 34.9 Å². The zero-order valence-electron chi connectivity index (χ0n) is 21.5. The van der Waals surface area contributed by atoms with Crippen molar-refractivity contribution in [3.63, 3.8) is 0 Å². The molecule has 5 nitrogen and oxygen atoms in total. The van der Waals surface area contributed by atoms with Crippen LogP contribution in [0.4, 0.5) is 0 Å². The maximum absolute atomic E-state index is 13.0. The van der Waals surface area contributed by atoms with Crippen molar-refractivity contribution in [2.75, 3.05) is 6.61 Å². The van der Waals surface area contributed by atoms with Crippen LogP contribution in [-0.2, 0) is 25.6 Å². The Morgan fingerprint density at radius 1 is 0.944 bits per heavy atom. The van der Waals surface area contributed by atoms with E-state index in [1.165, 1.54) is 0 Å². The van der Waals surface area contributed by atoms with E-state index in [9.17, 15) is 9.59 Å². The van der Waals surface area contributed by atoms with Crippen LogP contribution in [0.25, 0.3) is 0 Å². The summed E-state index contributed by atoms with van der Waals surface area (Å²) in [5.41, 5.74) is 1.75. The number of hydrogen-bond donors (Lipinski definition) is 0. The van der Waals surface area contributed by atoms with Gasteiger partial charge in [-0.3, -0.25) is 0 Å². The van der Waals surface area contributed by atoms with Crippen molar-refractivity contribution < 1.29 is 23.8 Å². The SMILES string of the molecule is CCOC(=O)/C(C)=C/CC[C@H](C[C@@H](CC(C)C)OCc1ccccc1)OC(=O)c1c(Cl)cccc1Cl. The molecule has 2 aromatic carbocycles. The maximum atomic E-state index is 13.0. The van der Waals surface area contributed by atoms with E-state index in [0.717, 1.165) is 12.0 Å². The zero-order chi connectivity index (χ0) is 26.5. The summed E-state index contributed by atoms with van der Waals surface area (Å²) in [4.78, 5) is 25.0. The van der Waals surface area contributed by atoms with Gasteiger partial charge in [-0.25, -0.2) is 9.59 Å². The van der Waals surface area contributed by atoms with Crippen molar-refractivity contribution in [2.45, 2.75) is 72.2 Å². The van der Waals surface area contributed by atoms with E-state index < -0.39 is 12.1 Å². The van der Waals surface area contributed by atoms with Crippen molar-refractivity contribution in [1.29, 1.82) is 0 Å². The van der Waals surface area contributed by atoms with Gasteiger partial charge in [0, 0.05) is 12.0 Å². The van der Waals surface area contributed by atoms with Gasteiger partial charge in [-0.1, -0.05) is 79.5 Å². The minimum absolute atomic E-state index is 0.125. The molecule has 0 N–H and O–H groups in total. The lowest BCUT2D eigenvalue weighted by Crippen LogP contribution is -2.27. The molecule has 0 aliphatic rings. The van der Waals surface area contributed by atoms with E-state index in [1.807, 2.05) is 36.4 Å². The summed E-state index contributed by atoms with van der Waals surface area (Å²) < 4.78 is 17.2. The van der Waals surface area contributed by atoms with Crippen LogP contribution >= 0.6 is 23.2 Å². The van der Waals surface area contributed by atoms with Gasteiger partial charge in [0.15, 0.2) is 0 Å². The molecule has 2 atom stereocenters. The normalized spacial score (nSPS) is 13.4. The summed E-state index contributed by atoms with van der Waals surface area (Å²) in [6.45, 7) is 8.54. The Morgan fingerprint density at radius 2 is 1.61 bits per heavy atom. The molecule has 0 aliphatic heterocycles. The first-order valence-electron chi connectivity index (χ1n) is 12.4. The van der Waals surface area contributed by atoms with Crippen LogP contribution in [0.1, 0.15) is 69.3 Å². The molecular formula is C29H36Cl2O5. The van der Waals surface area contributed by atoms with Crippen molar-refractivity contribution in [3.05, 3.63) is 81.4 Å². The first-order valence-corrected chi connectivity index (χ1v) is 13.1. The molecule has 0 aliphatic carbocycles. The smallest absolute Gasteiger partial charge is 0.341 e. The van der Waals surface area contributed by atoms with Crippen molar-refractivity contribution in [2.24, 2.45) is 5.92 Å². The molecule has 0 amide bonds. The summed E-state index contributed by atoms with van der Waals surface area (Å²) in [6.07, 6.45) is 3.58. The highest BCUT2D eigenvalue weighted by molar-refractivity contribution is 6.39. The van der Waals surface area contributed by atoms with E-state index in [-0.39, 0.29) is 27.7 Å². The van der Waals surface area contributed by atoms with Crippen molar-refractivity contribution >= 4 is 35.1 Å². The fourth-order valence-corrected chi connectivity index (χ4v) is 4.33. The van der Waals surface area contributed by atoms with E-state index in [2.05, 4.69) is 13.8 Å². The number of carbonyl (C=O) groups is 2. The summed E-state index contributed by atoms with van der Waals surface area (Å²) in [7, 11) is 0. The fraction of sp³-hybridized carbons (Fsp3) is 0.448. The largest absolute Gasteiger partial charge is 0.463 e. The van der Waals surface area contributed by atoms with Crippen LogP contribution in [0, 0.1) is 5.92 Å². The number of carbonyl (C=O) groups excluding carboxylic acids is 2.